The van der Waals surface area contributed by atoms with E-state index < -0.39 is 0 Å². The van der Waals surface area contributed by atoms with Crippen LogP contribution in [0.3, 0.4) is 0 Å². The van der Waals surface area contributed by atoms with Crippen LogP contribution in [-0.2, 0) is 4.79 Å². The number of para-hydroxylation sites is 1. The SMILES string of the molecule is C[C@@H](Sc1nc2ccccc2s1)C(=O)N1CCCC1. The van der Waals surface area contributed by atoms with Gasteiger partial charge in [0.15, 0.2) is 4.34 Å². The fourth-order valence-electron chi connectivity index (χ4n) is 2.30. The van der Waals surface area contributed by atoms with E-state index in [1.165, 1.54) is 4.70 Å². The maximum absolute atomic E-state index is 12.2. The number of amides is 1. The van der Waals surface area contributed by atoms with Gasteiger partial charge in [0.1, 0.15) is 0 Å². The van der Waals surface area contributed by atoms with E-state index in [4.69, 9.17) is 0 Å². The van der Waals surface area contributed by atoms with Crippen molar-refractivity contribution in [3.8, 4) is 0 Å². The van der Waals surface area contributed by atoms with Crippen LogP contribution in [0.4, 0.5) is 0 Å². The second kappa shape index (κ2) is 5.51. The zero-order valence-corrected chi connectivity index (χ0v) is 12.5. The van der Waals surface area contributed by atoms with Crippen molar-refractivity contribution in [3.63, 3.8) is 0 Å². The first-order valence-corrected chi connectivity index (χ1v) is 8.24. The van der Waals surface area contributed by atoms with Crippen LogP contribution in [0.1, 0.15) is 19.8 Å². The van der Waals surface area contributed by atoms with Crippen molar-refractivity contribution in [2.24, 2.45) is 0 Å². The van der Waals surface area contributed by atoms with Crippen LogP contribution in [0.5, 0.6) is 0 Å². The van der Waals surface area contributed by atoms with Crippen molar-refractivity contribution in [2.45, 2.75) is 29.4 Å². The van der Waals surface area contributed by atoms with E-state index in [0.29, 0.717) is 0 Å². The highest BCUT2D eigenvalue weighted by molar-refractivity contribution is 8.02. The molecule has 0 radical (unpaired) electrons. The molecule has 100 valence electrons. The average molecular weight is 292 g/mol. The van der Waals surface area contributed by atoms with Crippen molar-refractivity contribution in [2.75, 3.05) is 13.1 Å². The quantitative estimate of drug-likeness (QED) is 0.813. The number of nitrogens with zero attached hydrogens (tertiary/aromatic N) is 2. The first-order valence-electron chi connectivity index (χ1n) is 6.55. The number of thiazole rings is 1. The summed E-state index contributed by atoms with van der Waals surface area (Å²) in [6, 6.07) is 8.11. The van der Waals surface area contributed by atoms with Gasteiger partial charge in [0.25, 0.3) is 0 Å². The Bertz CT molecular complexity index is 557. The van der Waals surface area contributed by atoms with Crippen molar-refractivity contribution in [1.82, 2.24) is 9.88 Å². The molecular weight excluding hydrogens is 276 g/mol. The van der Waals surface area contributed by atoms with Gasteiger partial charge in [-0.3, -0.25) is 4.79 Å². The summed E-state index contributed by atoms with van der Waals surface area (Å²) in [4.78, 5) is 18.8. The van der Waals surface area contributed by atoms with E-state index in [9.17, 15) is 4.79 Å². The molecule has 1 atom stereocenters. The molecule has 0 spiro atoms. The number of likely N-dealkylation sites (tertiary alicyclic amines) is 1. The van der Waals surface area contributed by atoms with Crippen molar-refractivity contribution in [3.05, 3.63) is 24.3 Å². The summed E-state index contributed by atoms with van der Waals surface area (Å²) in [7, 11) is 0. The number of aromatic nitrogens is 1. The van der Waals surface area contributed by atoms with Gasteiger partial charge in [-0.15, -0.1) is 11.3 Å². The number of hydrogen-bond donors (Lipinski definition) is 0. The number of carbonyl (C=O) groups excluding carboxylic acids is 1. The minimum Gasteiger partial charge on any atom is -0.342 e. The Balaban J connectivity index is 1.71. The van der Waals surface area contributed by atoms with E-state index in [1.54, 1.807) is 23.1 Å². The zero-order valence-electron chi connectivity index (χ0n) is 10.8. The van der Waals surface area contributed by atoms with Crippen LogP contribution in [0.2, 0.25) is 0 Å². The topological polar surface area (TPSA) is 33.2 Å². The largest absolute Gasteiger partial charge is 0.342 e. The van der Waals surface area contributed by atoms with E-state index >= 15 is 0 Å². The molecule has 0 N–H and O–H groups in total. The molecule has 2 heterocycles. The molecule has 3 nitrogen and oxygen atoms in total. The Morgan fingerprint density at radius 1 is 1.37 bits per heavy atom. The smallest absolute Gasteiger partial charge is 0.235 e. The van der Waals surface area contributed by atoms with Gasteiger partial charge in [0.05, 0.1) is 15.5 Å². The molecule has 1 aromatic heterocycles. The Labute approximate surface area is 121 Å². The molecule has 1 fully saturated rings. The molecule has 0 aliphatic carbocycles. The van der Waals surface area contributed by atoms with Crippen LogP contribution in [0, 0.1) is 0 Å². The highest BCUT2D eigenvalue weighted by Gasteiger charge is 2.24. The van der Waals surface area contributed by atoms with Crippen LogP contribution >= 0.6 is 23.1 Å². The molecule has 1 aliphatic rings. The van der Waals surface area contributed by atoms with Crippen LogP contribution in [-0.4, -0.2) is 34.1 Å². The summed E-state index contributed by atoms with van der Waals surface area (Å²) >= 11 is 3.25. The third-order valence-electron chi connectivity index (χ3n) is 3.32. The molecule has 1 saturated heterocycles. The van der Waals surface area contributed by atoms with Crippen molar-refractivity contribution < 1.29 is 4.79 Å². The minimum atomic E-state index is -0.0429. The summed E-state index contributed by atoms with van der Waals surface area (Å²) in [5, 5.41) is -0.0429. The van der Waals surface area contributed by atoms with Gasteiger partial charge in [-0.25, -0.2) is 4.98 Å². The van der Waals surface area contributed by atoms with Crippen LogP contribution in [0.15, 0.2) is 28.6 Å². The van der Waals surface area contributed by atoms with Gasteiger partial charge in [-0.2, -0.15) is 0 Å². The number of hydrogen-bond acceptors (Lipinski definition) is 4. The molecule has 1 aromatic carbocycles. The number of benzene rings is 1. The fraction of sp³-hybridized carbons (Fsp3) is 0.429. The second-order valence-electron chi connectivity index (χ2n) is 4.74. The van der Waals surface area contributed by atoms with Gasteiger partial charge in [-0.05, 0) is 31.9 Å². The van der Waals surface area contributed by atoms with E-state index in [0.717, 1.165) is 35.8 Å². The normalized spacial score (nSPS) is 17.0. The lowest BCUT2D eigenvalue weighted by Gasteiger charge is -2.18. The number of carbonyl (C=O) groups is 1. The van der Waals surface area contributed by atoms with E-state index in [-0.39, 0.29) is 11.2 Å². The lowest BCUT2D eigenvalue weighted by molar-refractivity contribution is -0.129. The summed E-state index contributed by atoms with van der Waals surface area (Å²) in [5.74, 6) is 0.252. The second-order valence-corrected chi connectivity index (χ2v) is 7.36. The van der Waals surface area contributed by atoms with Crippen molar-refractivity contribution in [1.29, 1.82) is 0 Å². The fourth-order valence-corrected chi connectivity index (χ4v) is 4.59. The molecule has 5 heteroatoms. The molecule has 3 rings (SSSR count). The Morgan fingerprint density at radius 2 is 2.11 bits per heavy atom. The van der Waals surface area contributed by atoms with Gasteiger partial charge in [0.2, 0.25) is 5.91 Å². The molecule has 0 unspecified atom stereocenters. The highest BCUT2D eigenvalue weighted by atomic mass is 32.2. The van der Waals surface area contributed by atoms with E-state index in [1.807, 2.05) is 30.0 Å². The predicted molar refractivity (Wildman–Crippen MR) is 80.8 cm³/mol. The average Bonchev–Trinajstić information content (AvgIpc) is 3.06. The predicted octanol–water partition coefficient (Wildman–Crippen LogP) is 3.40. The Hall–Kier alpha value is -1.07. The first kappa shape index (κ1) is 12.9. The van der Waals surface area contributed by atoms with Crippen LogP contribution in [0.25, 0.3) is 10.2 Å². The first-order chi connectivity index (χ1) is 9.24. The van der Waals surface area contributed by atoms with Crippen molar-refractivity contribution >= 4 is 39.2 Å². The lowest BCUT2D eigenvalue weighted by atomic mass is 10.3. The van der Waals surface area contributed by atoms with Crippen LogP contribution < -0.4 is 0 Å². The van der Waals surface area contributed by atoms with Gasteiger partial charge in [-0.1, -0.05) is 23.9 Å². The molecule has 19 heavy (non-hydrogen) atoms. The molecule has 2 aromatic rings. The third-order valence-corrected chi connectivity index (χ3v) is 5.54. The highest BCUT2D eigenvalue weighted by Crippen LogP contribution is 2.32. The number of rotatable bonds is 3. The summed E-state index contributed by atoms with van der Waals surface area (Å²) < 4.78 is 2.17. The molecule has 0 bridgehead atoms. The summed E-state index contributed by atoms with van der Waals surface area (Å²) in [6.07, 6.45) is 2.29. The van der Waals surface area contributed by atoms with Gasteiger partial charge < -0.3 is 4.90 Å². The molecule has 1 amide bonds. The molecule has 0 saturated carbocycles. The molecular formula is C14H16N2OS2. The lowest BCUT2D eigenvalue weighted by Crippen LogP contribution is -2.33. The summed E-state index contributed by atoms with van der Waals surface area (Å²) in [6.45, 7) is 3.82. The number of fused-ring (bicyclic) bond motifs is 1. The monoisotopic (exact) mass is 292 g/mol. The Morgan fingerprint density at radius 3 is 2.84 bits per heavy atom. The van der Waals surface area contributed by atoms with Gasteiger partial charge in [0, 0.05) is 13.1 Å². The standard InChI is InChI=1S/C14H16N2OS2/c1-10(13(17)16-8-4-5-9-16)18-14-15-11-6-2-3-7-12(11)19-14/h2-3,6-7,10H,4-5,8-9H2,1H3/t10-/m1/s1. The Kier molecular flexibility index (Phi) is 3.75. The van der Waals surface area contributed by atoms with Gasteiger partial charge >= 0.3 is 0 Å². The minimum absolute atomic E-state index is 0.0429. The van der Waals surface area contributed by atoms with E-state index in [2.05, 4.69) is 11.1 Å². The third kappa shape index (κ3) is 2.77. The maximum atomic E-state index is 12.2. The molecule has 1 aliphatic heterocycles. The maximum Gasteiger partial charge on any atom is 0.235 e. The number of thioether (sulfide) groups is 1. The zero-order chi connectivity index (χ0) is 13.2. The summed E-state index contributed by atoms with van der Waals surface area (Å²) in [5.41, 5.74) is 1.02.